The van der Waals surface area contributed by atoms with E-state index in [1.807, 2.05) is 30.3 Å². The molecular formula is C19H14N4O3. The normalized spacial score (nSPS) is 13.9. The van der Waals surface area contributed by atoms with Gasteiger partial charge in [-0.05, 0) is 12.1 Å². The minimum atomic E-state index is -0.548. The number of likely N-dealkylation sites (tertiary alicyclic amines) is 1. The van der Waals surface area contributed by atoms with Crippen LogP contribution in [-0.2, 0) is 4.79 Å². The summed E-state index contributed by atoms with van der Waals surface area (Å²) in [6.45, 7) is 0.622. The van der Waals surface area contributed by atoms with Crippen LogP contribution in [0.4, 0.5) is 0 Å². The average molecular weight is 346 g/mol. The van der Waals surface area contributed by atoms with Gasteiger partial charge in [-0.2, -0.15) is 5.26 Å². The van der Waals surface area contributed by atoms with Crippen molar-refractivity contribution in [1.82, 2.24) is 14.9 Å². The molecule has 7 nitrogen and oxygen atoms in total. The zero-order valence-electron chi connectivity index (χ0n) is 13.7. The number of hydrogen-bond acceptors (Lipinski definition) is 5. The van der Waals surface area contributed by atoms with E-state index in [9.17, 15) is 9.59 Å². The van der Waals surface area contributed by atoms with Crippen LogP contribution >= 0.6 is 0 Å². The second-order valence-electron chi connectivity index (χ2n) is 6.02. The Morgan fingerprint density at radius 2 is 2.08 bits per heavy atom. The smallest absolute Gasteiger partial charge is 0.295 e. The van der Waals surface area contributed by atoms with Crippen molar-refractivity contribution >= 4 is 22.6 Å². The Morgan fingerprint density at radius 1 is 1.27 bits per heavy atom. The lowest BCUT2D eigenvalue weighted by Crippen LogP contribution is -2.57. The zero-order chi connectivity index (χ0) is 18.1. The molecule has 0 aliphatic carbocycles. The van der Waals surface area contributed by atoms with Crippen LogP contribution in [0.2, 0.25) is 0 Å². The largest absolute Gasteiger partial charge is 0.471 e. The Hall–Kier alpha value is -3.66. The molecule has 1 N–H and O–H groups in total. The number of H-pyrrole nitrogens is 1. The number of para-hydroxylation sites is 1. The molecule has 0 radical (unpaired) electrons. The van der Waals surface area contributed by atoms with Gasteiger partial charge >= 0.3 is 0 Å². The molecule has 1 saturated heterocycles. The van der Waals surface area contributed by atoms with Crippen LogP contribution in [0, 0.1) is 11.3 Å². The minimum Gasteiger partial charge on any atom is -0.471 e. The fourth-order valence-corrected chi connectivity index (χ4v) is 2.91. The molecule has 0 atom stereocenters. The number of pyridine rings is 1. The van der Waals surface area contributed by atoms with E-state index < -0.39 is 11.7 Å². The first-order valence-electron chi connectivity index (χ1n) is 8.08. The van der Waals surface area contributed by atoms with Gasteiger partial charge in [0.15, 0.2) is 0 Å². The van der Waals surface area contributed by atoms with Gasteiger partial charge in [0, 0.05) is 29.4 Å². The van der Waals surface area contributed by atoms with E-state index in [4.69, 9.17) is 10.00 Å². The van der Waals surface area contributed by atoms with Gasteiger partial charge in [-0.3, -0.25) is 9.59 Å². The van der Waals surface area contributed by atoms with Crippen LogP contribution in [0.5, 0.6) is 5.88 Å². The average Bonchev–Trinajstić information content (AvgIpc) is 3.07. The minimum absolute atomic E-state index is 0.240. The third-order valence-corrected chi connectivity index (χ3v) is 4.31. The summed E-state index contributed by atoms with van der Waals surface area (Å²) < 4.78 is 5.64. The number of rotatable bonds is 4. The number of fused-ring (bicyclic) bond motifs is 1. The van der Waals surface area contributed by atoms with Crippen molar-refractivity contribution in [1.29, 1.82) is 5.26 Å². The van der Waals surface area contributed by atoms with E-state index in [-0.39, 0.29) is 6.10 Å². The third kappa shape index (κ3) is 2.78. The predicted octanol–water partition coefficient (Wildman–Crippen LogP) is 1.91. The first kappa shape index (κ1) is 15.8. The third-order valence-electron chi connectivity index (χ3n) is 4.31. The molecule has 0 unspecified atom stereocenters. The maximum atomic E-state index is 12.5. The van der Waals surface area contributed by atoms with Gasteiger partial charge in [0.05, 0.1) is 30.3 Å². The first-order valence-corrected chi connectivity index (χ1v) is 8.08. The summed E-state index contributed by atoms with van der Waals surface area (Å²) in [5.74, 6) is -0.747. The highest BCUT2D eigenvalue weighted by atomic mass is 16.5. The molecule has 3 aromatic rings. The second-order valence-corrected chi connectivity index (χ2v) is 6.02. The van der Waals surface area contributed by atoms with Crippen LogP contribution < -0.4 is 4.74 Å². The van der Waals surface area contributed by atoms with Gasteiger partial charge in [0.25, 0.3) is 11.7 Å². The molecule has 0 saturated carbocycles. The highest BCUT2D eigenvalue weighted by Crippen LogP contribution is 2.21. The number of amides is 1. The van der Waals surface area contributed by atoms with E-state index in [0.29, 0.717) is 30.1 Å². The highest BCUT2D eigenvalue weighted by Gasteiger charge is 2.36. The molecule has 1 aliphatic rings. The van der Waals surface area contributed by atoms with E-state index in [2.05, 4.69) is 9.97 Å². The van der Waals surface area contributed by atoms with Crippen molar-refractivity contribution in [2.45, 2.75) is 6.10 Å². The number of hydrogen-bond donors (Lipinski definition) is 1. The van der Waals surface area contributed by atoms with Crippen molar-refractivity contribution in [3.8, 4) is 11.9 Å². The molecule has 2 aromatic heterocycles. The zero-order valence-corrected chi connectivity index (χ0v) is 13.7. The summed E-state index contributed by atoms with van der Waals surface area (Å²) in [6.07, 6.45) is 2.82. The van der Waals surface area contributed by atoms with Crippen LogP contribution in [0.1, 0.15) is 15.9 Å². The maximum absolute atomic E-state index is 12.5. The molecule has 1 fully saturated rings. The lowest BCUT2D eigenvalue weighted by molar-refractivity contribution is -0.134. The SMILES string of the molecule is N#Cc1ccnc(OC2CN(C(=O)C(=O)c3c[nH]c4ccccc34)C2)c1. The number of carbonyl (C=O) groups is 2. The number of nitriles is 1. The standard InChI is InChI=1S/C19H14N4O3/c20-8-12-5-6-21-17(7-12)26-13-10-23(11-13)19(25)18(24)15-9-22-16-4-2-1-3-14(15)16/h1-7,9,13,22H,10-11H2. The highest BCUT2D eigenvalue weighted by molar-refractivity contribution is 6.45. The summed E-state index contributed by atoms with van der Waals surface area (Å²) in [4.78, 5) is 33.4. The summed E-state index contributed by atoms with van der Waals surface area (Å²) >= 11 is 0. The summed E-state index contributed by atoms with van der Waals surface area (Å²) in [6, 6.07) is 12.5. The van der Waals surface area contributed by atoms with Crippen LogP contribution in [0.15, 0.2) is 48.8 Å². The van der Waals surface area contributed by atoms with Crippen molar-refractivity contribution < 1.29 is 14.3 Å². The van der Waals surface area contributed by atoms with Crippen LogP contribution in [-0.4, -0.2) is 45.8 Å². The number of aromatic nitrogens is 2. The van der Waals surface area contributed by atoms with Gasteiger partial charge in [-0.15, -0.1) is 0 Å². The Kier molecular flexibility index (Phi) is 3.86. The molecule has 128 valence electrons. The summed E-state index contributed by atoms with van der Waals surface area (Å²) in [7, 11) is 0. The number of Topliss-reactive ketones (excluding diaryl/α,β-unsaturated/α-hetero) is 1. The van der Waals surface area contributed by atoms with E-state index >= 15 is 0 Å². The molecule has 1 amide bonds. The second kappa shape index (κ2) is 6.33. The topological polar surface area (TPSA) is 99.1 Å². The molecular weight excluding hydrogens is 332 g/mol. The van der Waals surface area contributed by atoms with Gasteiger partial charge in [0.1, 0.15) is 6.10 Å². The van der Waals surface area contributed by atoms with Crippen molar-refractivity contribution in [3.05, 3.63) is 59.9 Å². The Morgan fingerprint density at radius 3 is 2.88 bits per heavy atom. The van der Waals surface area contributed by atoms with Crippen molar-refractivity contribution in [3.63, 3.8) is 0 Å². The van der Waals surface area contributed by atoms with Crippen molar-refractivity contribution in [2.75, 3.05) is 13.1 Å². The molecule has 0 spiro atoms. The Labute approximate surface area is 148 Å². The lowest BCUT2D eigenvalue weighted by atomic mass is 10.1. The van der Waals surface area contributed by atoms with Gasteiger partial charge in [-0.1, -0.05) is 18.2 Å². The first-order chi connectivity index (χ1) is 12.7. The number of nitrogens with one attached hydrogen (secondary N) is 1. The molecule has 7 heteroatoms. The van der Waals surface area contributed by atoms with Gasteiger partial charge in [-0.25, -0.2) is 4.98 Å². The van der Waals surface area contributed by atoms with E-state index in [1.54, 1.807) is 18.3 Å². The Balaban J connectivity index is 1.40. The predicted molar refractivity (Wildman–Crippen MR) is 92.6 cm³/mol. The summed E-state index contributed by atoms with van der Waals surface area (Å²) in [5, 5.41) is 9.62. The van der Waals surface area contributed by atoms with Crippen molar-refractivity contribution in [2.24, 2.45) is 0 Å². The molecule has 0 bridgehead atoms. The lowest BCUT2D eigenvalue weighted by Gasteiger charge is -2.38. The van der Waals surface area contributed by atoms with E-state index in [1.165, 1.54) is 11.1 Å². The van der Waals surface area contributed by atoms with E-state index in [0.717, 1.165) is 10.9 Å². The molecule has 3 heterocycles. The maximum Gasteiger partial charge on any atom is 0.295 e. The summed E-state index contributed by atoms with van der Waals surface area (Å²) in [5.41, 5.74) is 1.65. The number of benzene rings is 1. The molecule has 1 aromatic carbocycles. The fraction of sp³-hybridized carbons (Fsp3) is 0.158. The monoisotopic (exact) mass is 346 g/mol. The Bertz CT molecular complexity index is 1040. The quantitative estimate of drug-likeness (QED) is 0.575. The van der Waals surface area contributed by atoms with Gasteiger partial charge in [0.2, 0.25) is 5.88 Å². The van der Waals surface area contributed by atoms with Crippen LogP contribution in [0.25, 0.3) is 10.9 Å². The number of aromatic amines is 1. The molecule has 1 aliphatic heterocycles. The number of ether oxygens (including phenoxy) is 1. The number of carbonyl (C=O) groups excluding carboxylic acids is 2. The van der Waals surface area contributed by atoms with Crippen LogP contribution in [0.3, 0.4) is 0 Å². The van der Waals surface area contributed by atoms with Gasteiger partial charge < -0.3 is 14.6 Å². The molecule has 26 heavy (non-hydrogen) atoms. The fourth-order valence-electron chi connectivity index (χ4n) is 2.91. The molecule has 4 rings (SSSR count). The number of nitrogens with zero attached hydrogens (tertiary/aromatic N) is 3. The number of ketones is 1.